The maximum Gasteiger partial charge on any atom is 0.278 e. The summed E-state index contributed by atoms with van der Waals surface area (Å²) in [6.45, 7) is 1.71. The molecular formula is C16H13ClN4O2. The lowest BCUT2D eigenvalue weighted by Crippen LogP contribution is -2.13. The van der Waals surface area contributed by atoms with E-state index in [1.54, 1.807) is 43.3 Å². The lowest BCUT2D eigenvalue weighted by Gasteiger charge is -2.08. The van der Waals surface area contributed by atoms with Crippen molar-refractivity contribution < 1.29 is 9.53 Å². The van der Waals surface area contributed by atoms with Crippen LogP contribution in [0.5, 0.6) is 11.5 Å². The maximum atomic E-state index is 12.0. The Kier molecular flexibility index (Phi) is 4.25. The van der Waals surface area contributed by atoms with Crippen molar-refractivity contribution in [3.63, 3.8) is 0 Å². The molecule has 3 rings (SSSR count). The lowest BCUT2D eigenvalue weighted by atomic mass is 10.2. The molecule has 1 heterocycles. The van der Waals surface area contributed by atoms with Crippen molar-refractivity contribution >= 4 is 23.2 Å². The Balaban J connectivity index is 1.67. The van der Waals surface area contributed by atoms with Gasteiger partial charge in [-0.3, -0.25) is 4.79 Å². The van der Waals surface area contributed by atoms with E-state index in [1.807, 2.05) is 12.1 Å². The number of rotatable bonds is 4. The molecule has 116 valence electrons. The second-order valence-corrected chi connectivity index (χ2v) is 5.23. The highest BCUT2D eigenvalue weighted by Crippen LogP contribution is 2.25. The number of hydrogen-bond donors (Lipinski definition) is 2. The van der Waals surface area contributed by atoms with E-state index < -0.39 is 0 Å². The highest BCUT2D eigenvalue weighted by molar-refractivity contribution is 6.30. The van der Waals surface area contributed by atoms with E-state index in [2.05, 4.69) is 20.7 Å². The zero-order valence-corrected chi connectivity index (χ0v) is 13.0. The van der Waals surface area contributed by atoms with Crippen molar-refractivity contribution in [2.75, 3.05) is 5.32 Å². The second kappa shape index (κ2) is 6.50. The SMILES string of the molecule is Cc1n[nH]nc1C(=O)Nc1ccc(Oc2cccc(Cl)c2)cc1. The molecule has 1 amide bonds. The van der Waals surface area contributed by atoms with E-state index >= 15 is 0 Å². The van der Waals surface area contributed by atoms with Gasteiger partial charge in [-0.15, -0.1) is 0 Å². The summed E-state index contributed by atoms with van der Waals surface area (Å²) in [4.78, 5) is 12.0. The highest BCUT2D eigenvalue weighted by Gasteiger charge is 2.13. The lowest BCUT2D eigenvalue weighted by molar-refractivity contribution is 0.102. The molecule has 0 atom stereocenters. The number of aromatic amines is 1. The summed E-state index contributed by atoms with van der Waals surface area (Å²) >= 11 is 5.91. The number of nitrogens with one attached hydrogen (secondary N) is 2. The summed E-state index contributed by atoms with van der Waals surface area (Å²) in [5, 5.41) is 13.4. The summed E-state index contributed by atoms with van der Waals surface area (Å²) in [5.74, 6) is 0.968. The molecule has 0 spiro atoms. The second-order valence-electron chi connectivity index (χ2n) is 4.80. The number of halogens is 1. The predicted molar refractivity (Wildman–Crippen MR) is 87.0 cm³/mol. The van der Waals surface area contributed by atoms with Gasteiger partial charge < -0.3 is 10.1 Å². The van der Waals surface area contributed by atoms with Gasteiger partial charge in [0.15, 0.2) is 5.69 Å². The average Bonchev–Trinajstić information content (AvgIpc) is 2.95. The van der Waals surface area contributed by atoms with Gasteiger partial charge in [0.1, 0.15) is 11.5 Å². The third-order valence-corrected chi connectivity index (χ3v) is 3.32. The normalized spacial score (nSPS) is 10.3. The van der Waals surface area contributed by atoms with E-state index in [-0.39, 0.29) is 11.6 Å². The minimum atomic E-state index is -0.320. The number of benzene rings is 2. The molecule has 0 bridgehead atoms. The first kappa shape index (κ1) is 15.1. The van der Waals surface area contributed by atoms with Gasteiger partial charge in [-0.05, 0) is 49.4 Å². The van der Waals surface area contributed by atoms with Crippen LogP contribution in [0.3, 0.4) is 0 Å². The molecule has 0 saturated carbocycles. The van der Waals surface area contributed by atoms with Gasteiger partial charge in [0.25, 0.3) is 5.91 Å². The van der Waals surface area contributed by atoms with Crippen LogP contribution in [0.25, 0.3) is 0 Å². The van der Waals surface area contributed by atoms with Gasteiger partial charge in [0, 0.05) is 10.7 Å². The number of amides is 1. The fourth-order valence-electron chi connectivity index (χ4n) is 1.96. The van der Waals surface area contributed by atoms with E-state index in [9.17, 15) is 4.79 Å². The van der Waals surface area contributed by atoms with E-state index in [1.165, 1.54) is 0 Å². The topological polar surface area (TPSA) is 79.9 Å². The molecular weight excluding hydrogens is 316 g/mol. The maximum absolute atomic E-state index is 12.0. The summed E-state index contributed by atoms with van der Waals surface area (Å²) in [7, 11) is 0. The van der Waals surface area contributed by atoms with E-state index in [0.717, 1.165) is 0 Å². The first-order chi connectivity index (χ1) is 11.1. The summed E-state index contributed by atoms with van der Waals surface area (Å²) in [5.41, 5.74) is 1.45. The fourth-order valence-corrected chi connectivity index (χ4v) is 2.14. The molecule has 0 radical (unpaired) electrons. The molecule has 0 saturated heterocycles. The van der Waals surface area contributed by atoms with Gasteiger partial charge in [-0.25, -0.2) is 0 Å². The minimum Gasteiger partial charge on any atom is -0.457 e. The monoisotopic (exact) mass is 328 g/mol. The molecule has 0 fully saturated rings. The van der Waals surface area contributed by atoms with Crippen LogP contribution in [0.1, 0.15) is 16.2 Å². The first-order valence-electron chi connectivity index (χ1n) is 6.84. The summed E-state index contributed by atoms with van der Waals surface area (Å²) in [6.07, 6.45) is 0. The third kappa shape index (κ3) is 3.67. The van der Waals surface area contributed by atoms with Crippen LogP contribution in [0.15, 0.2) is 48.5 Å². The quantitative estimate of drug-likeness (QED) is 0.763. The Hall–Kier alpha value is -2.86. The molecule has 23 heavy (non-hydrogen) atoms. The number of aryl methyl sites for hydroxylation is 1. The van der Waals surface area contributed by atoms with Crippen molar-refractivity contribution in [3.8, 4) is 11.5 Å². The first-order valence-corrected chi connectivity index (χ1v) is 7.22. The number of ether oxygens (including phenoxy) is 1. The zero-order valence-electron chi connectivity index (χ0n) is 12.2. The van der Waals surface area contributed by atoms with Crippen LogP contribution in [0, 0.1) is 6.92 Å². The van der Waals surface area contributed by atoms with Gasteiger partial charge in [0.05, 0.1) is 5.69 Å². The summed E-state index contributed by atoms with van der Waals surface area (Å²) in [6, 6.07) is 14.1. The molecule has 2 aromatic carbocycles. The number of anilines is 1. The molecule has 7 heteroatoms. The van der Waals surface area contributed by atoms with Crippen molar-refractivity contribution in [1.82, 2.24) is 15.4 Å². The molecule has 1 aromatic heterocycles. The van der Waals surface area contributed by atoms with Gasteiger partial charge in [-0.1, -0.05) is 17.7 Å². The Morgan fingerprint density at radius 2 is 1.91 bits per heavy atom. The van der Waals surface area contributed by atoms with E-state index in [0.29, 0.717) is 27.9 Å². The van der Waals surface area contributed by atoms with Crippen molar-refractivity contribution in [2.24, 2.45) is 0 Å². The minimum absolute atomic E-state index is 0.268. The smallest absolute Gasteiger partial charge is 0.278 e. The number of aromatic nitrogens is 3. The predicted octanol–water partition coefficient (Wildman–Crippen LogP) is 3.81. The number of H-pyrrole nitrogens is 1. The molecule has 0 aliphatic rings. The highest BCUT2D eigenvalue weighted by atomic mass is 35.5. The molecule has 0 unspecified atom stereocenters. The van der Waals surface area contributed by atoms with E-state index in [4.69, 9.17) is 16.3 Å². The van der Waals surface area contributed by atoms with Crippen molar-refractivity contribution in [2.45, 2.75) is 6.92 Å². The van der Waals surface area contributed by atoms with Crippen LogP contribution in [-0.4, -0.2) is 21.3 Å². The molecule has 0 aliphatic carbocycles. The van der Waals surface area contributed by atoms with Crippen LogP contribution < -0.4 is 10.1 Å². The summed E-state index contributed by atoms with van der Waals surface area (Å²) < 4.78 is 5.69. The largest absolute Gasteiger partial charge is 0.457 e. The standard InChI is InChI=1S/C16H13ClN4O2/c1-10-15(20-21-19-10)16(22)18-12-5-7-13(8-6-12)23-14-4-2-3-11(17)9-14/h2-9H,1H3,(H,18,22)(H,19,20,21). The molecule has 2 N–H and O–H groups in total. The van der Waals surface area contributed by atoms with Crippen LogP contribution in [-0.2, 0) is 0 Å². The Labute approximate surface area is 137 Å². The molecule has 0 aliphatic heterocycles. The number of nitrogens with zero attached hydrogens (tertiary/aromatic N) is 2. The van der Waals surface area contributed by atoms with Crippen LogP contribution in [0.4, 0.5) is 5.69 Å². The van der Waals surface area contributed by atoms with Gasteiger partial charge >= 0.3 is 0 Å². The Bertz CT molecular complexity index is 830. The average molecular weight is 329 g/mol. The van der Waals surface area contributed by atoms with Gasteiger partial charge in [0.2, 0.25) is 0 Å². The van der Waals surface area contributed by atoms with Crippen molar-refractivity contribution in [3.05, 3.63) is 64.9 Å². The van der Waals surface area contributed by atoms with Crippen molar-refractivity contribution in [1.29, 1.82) is 0 Å². The number of hydrogen-bond acceptors (Lipinski definition) is 4. The zero-order chi connectivity index (χ0) is 16.2. The molecule has 6 nitrogen and oxygen atoms in total. The Morgan fingerprint density at radius 3 is 2.57 bits per heavy atom. The van der Waals surface area contributed by atoms with Crippen LogP contribution >= 0.6 is 11.6 Å². The van der Waals surface area contributed by atoms with Crippen LogP contribution in [0.2, 0.25) is 5.02 Å². The Morgan fingerprint density at radius 1 is 1.13 bits per heavy atom. The fraction of sp³-hybridized carbons (Fsp3) is 0.0625. The number of carbonyl (C=O) groups is 1. The van der Waals surface area contributed by atoms with Gasteiger partial charge in [-0.2, -0.15) is 15.4 Å². The molecule has 3 aromatic rings. The number of carbonyl (C=O) groups excluding carboxylic acids is 1. The third-order valence-electron chi connectivity index (χ3n) is 3.08.